The standard InChI is InChI=1S/C19H24N2O2S/c1-20(2)18-10-7-15(8-11-18)14-21(3)24(22,23)19-12-9-16-5-4-6-17(16)13-19/h7-13H,4-6,14H2,1-3H3. The molecule has 1 aliphatic carbocycles. The Morgan fingerprint density at radius 1 is 0.917 bits per heavy atom. The van der Waals surface area contributed by atoms with Crippen molar-refractivity contribution in [1.82, 2.24) is 4.31 Å². The highest BCUT2D eigenvalue weighted by Crippen LogP contribution is 2.26. The van der Waals surface area contributed by atoms with Gasteiger partial charge in [0, 0.05) is 33.4 Å². The molecule has 0 amide bonds. The second-order valence-electron chi connectivity index (χ2n) is 6.61. The molecule has 0 aromatic heterocycles. The molecular formula is C19H24N2O2S. The summed E-state index contributed by atoms with van der Waals surface area (Å²) in [4.78, 5) is 2.42. The van der Waals surface area contributed by atoms with Crippen molar-refractivity contribution < 1.29 is 8.42 Å². The molecule has 1 aliphatic rings. The highest BCUT2D eigenvalue weighted by molar-refractivity contribution is 7.89. The van der Waals surface area contributed by atoms with E-state index < -0.39 is 10.0 Å². The molecule has 4 nitrogen and oxygen atoms in total. The van der Waals surface area contributed by atoms with E-state index in [9.17, 15) is 8.42 Å². The zero-order valence-corrected chi connectivity index (χ0v) is 15.3. The Hall–Kier alpha value is -1.85. The lowest BCUT2D eigenvalue weighted by atomic mass is 10.1. The van der Waals surface area contributed by atoms with Gasteiger partial charge in [-0.15, -0.1) is 0 Å². The van der Waals surface area contributed by atoms with Crippen molar-refractivity contribution in [2.45, 2.75) is 30.7 Å². The lowest BCUT2D eigenvalue weighted by Gasteiger charge is -2.19. The van der Waals surface area contributed by atoms with Gasteiger partial charge in [0.05, 0.1) is 4.90 Å². The van der Waals surface area contributed by atoms with E-state index in [1.54, 1.807) is 13.1 Å². The van der Waals surface area contributed by atoms with Crippen LogP contribution in [0.5, 0.6) is 0 Å². The van der Waals surface area contributed by atoms with Crippen LogP contribution in [-0.2, 0) is 29.4 Å². The van der Waals surface area contributed by atoms with Crippen molar-refractivity contribution in [2.24, 2.45) is 0 Å². The summed E-state index contributed by atoms with van der Waals surface area (Å²) in [6.07, 6.45) is 3.16. The molecule has 2 aromatic rings. The number of aryl methyl sites for hydroxylation is 2. The van der Waals surface area contributed by atoms with E-state index >= 15 is 0 Å². The summed E-state index contributed by atoms with van der Waals surface area (Å²) in [5.74, 6) is 0. The SMILES string of the molecule is CN(C)c1ccc(CN(C)S(=O)(=O)c2ccc3c(c2)CCC3)cc1. The molecule has 0 radical (unpaired) electrons. The number of anilines is 1. The van der Waals surface area contributed by atoms with Gasteiger partial charge in [0.1, 0.15) is 0 Å². The van der Waals surface area contributed by atoms with Crippen LogP contribution in [0, 0.1) is 0 Å². The van der Waals surface area contributed by atoms with Crippen molar-refractivity contribution in [1.29, 1.82) is 0 Å². The molecule has 0 bridgehead atoms. The number of rotatable bonds is 5. The third-order valence-electron chi connectivity index (χ3n) is 4.64. The number of hydrogen-bond acceptors (Lipinski definition) is 3. The van der Waals surface area contributed by atoms with Crippen molar-refractivity contribution in [3.8, 4) is 0 Å². The number of hydrogen-bond donors (Lipinski definition) is 0. The van der Waals surface area contributed by atoms with Gasteiger partial charge in [-0.25, -0.2) is 8.42 Å². The molecule has 0 saturated carbocycles. The predicted molar refractivity (Wildman–Crippen MR) is 97.9 cm³/mol. The summed E-state index contributed by atoms with van der Waals surface area (Å²) in [6, 6.07) is 13.5. The monoisotopic (exact) mass is 344 g/mol. The normalized spacial score (nSPS) is 14.0. The molecule has 2 aromatic carbocycles. The number of sulfonamides is 1. The van der Waals surface area contributed by atoms with Crippen LogP contribution in [0.4, 0.5) is 5.69 Å². The zero-order valence-electron chi connectivity index (χ0n) is 14.5. The Bertz CT molecular complexity index is 827. The average molecular weight is 344 g/mol. The molecule has 128 valence electrons. The zero-order chi connectivity index (χ0) is 17.3. The van der Waals surface area contributed by atoms with Gasteiger partial charge in [-0.1, -0.05) is 18.2 Å². The van der Waals surface area contributed by atoms with E-state index in [1.807, 2.05) is 55.4 Å². The van der Waals surface area contributed by atoms with E-state index in [0.29, 0.717) is 11.4 Å². The van der Waals surface area contributed by atoms with E-state index in [-0.39, 0.29) is 0 Å². The first-order valence-electron chi connectivity index (χ1n) is 8.22. The Morgan fingerprint density at radius 3 is 2.25 bits per heavy atom. The average Bonchev–Trinajstić information content (AvgIpc) is 3.02. The molecule has 0 unspecified atom stereocenters. The lowest BCUT2D eigenvalue weighted by molar-refractivity contribution is 0.466. The van der Waals surface area contributed by atoms with Crippen molar-refractivity contribution in [2.75, 3.05) is 26.0 Å². The molecule has 0 saturated heterocycles. The van der Waals surface area contributed by atoms with Gasteiger partial charge < -0.3 is 4.90 Å². The van der Waals surface area contributed by atoms with Crippen LogP contribution in [0.15, 0.2) is 47.4 Å². The van der Waals surface area contributed by atoms with Gasteiger partial charge in [0.2, 0.25) is 10.0 Å². The predicted octanol–water partition coefficient (Wildman–Crippen LogP) is 3.06. The third-order valence-corrected chi connectivity index (χ3v) is 6.44. The fourth-order valence-electron chi connectivity index (χ4n) is 3.13. The molecular weight excluding hydrogens is 320 g/mol. The molecule has 3 rings (SSSR count). The minimum atomic E-state index is -3.46. The van der Waals surface area contributed by atoms with E-state index in [4.69, 9.17) is 0 Å². The van der Waals surface area contributed by atoms with E-state index in [2.05, 4.69) is 0 Å². The summed E-state index contributed by atoms with van der Waals surface area (Å²) >= 11 is 0. The Morgan fingerprint density at radius 2 is 1.58 bits per heavy atom. The summed E-state index contributed by atoms with van der Waals surface area (Å²) < 4.78 is 27.1. The highest BCUT2D eigenvalue weighted by atomic mass is 32.2. The maximum absolute atomic E-state index is 12.8. The van der Waals surface area contributed by atoms with Crippen LogP contribution in [0.25, 0.3) is 0 Å². The Labute approximate surface area is 144 Å². The van der Waals surface area contributed by atoms with Crippen LogP contribution < -0.4 is 4.90 Å². The largest absolute Gasteiger partial charge is 0.378 e. The smallest absolute Gasteiger partial charge is 0.243 e. The lowest BCUT2D eigenvalue weighted by Crippen LogP contribution is -2.26. The molecule has 0 aliphatic heterocycles. The first-order valence-corrected chi connectivity index (χ1v) is 9.66. The third kappa shape index (κ3) is 3.32. The fraction of sp³-hybridized carbons (Fsp3) is 0.368. The first kappa shape index (κ1) is 17.0. The molecule has 0 atom stereocenters. The molecule has 24 heavy (non-hydrogen) atoms. The van der Waals surface area contributed by atoms with Gasteiger partial charge in [-0.05, 0) is 60.2 Å². The minimum absolute atomic E-state index is 0.368. The summed E-state index contributed by atoms with van der Waals surface area (Å²) in [7, 11) is 2.15. The van der Waals surface area contributed by atoms with Crippen molar-refractivity contribution in [3.05, 3.63) is 59.2 Å². The van der Waals surface area contributed by atoms with Gasteiger partial charge >= 0.3 is 0 Å². The topological polar surface area (TPSA) is 40.6 Å². The molecule has 0 fully saturated rings. The van der Waals surface area contributed by atoms with Gasteiger partial charge in [-0.3, -0.25) is 0 Å². The summed E-state index contributed by atoms with van der Waals surface area (Å²) in [6.45, 7) is 0.368. The fourth-order valence-corrected chi connectivity index (χ4v) is 4.34. The quantitative estimate of drug-likeness (QED) is 0.837. The summed E-state index contributed by atoms with van der Waals surface area (Å²) in [5.41, 5.74) is 4.55. The van der Waals surface area contributed by atoms with Crippen molar-refractivity contribution in [3.63, 3.8) is 0 Å². The van der Waals surface area contributed by atoms with Crippen LogP contribution in [0.2, 0.25) is 0 Å². The number of benzene rings is 2. The second-order valence-corrected chi connectivity index (χ2v) is 8.65. The summed E-state index contributed by atoms with van der Waals surface area (Å²) in [5, 5.41) is 0. The maximum atomic E-state index is 12.8. The van der Waals surface area contributed by atoms with Gasteiger partial charge in [0.15, 0.2) is 0 Å². The second kappa shape index (κ2) is 6.57. The van der Waals surface area contributed by atoms with Gasteiger partial charge in [0.25, 0.3) is 0 Å². The first-order chi connectivity index (χ1) is 11.4. The van der Waals surface area contributed by atoms with Crippen LogP contribution >= 0.6 is 0 Å². The Kier molecular flexibility index (Phi) is 4.65. The number of nitrogens with zero attached hydrogens (tertiary/aromatic N) is 2. The van der Waals surface area contributed by atoms with Crippen LogP contribution in [0.3, 0.4) is 0 Å². The van der Waals surface area contributed by atoms with Crippen LogP contribution in [-0.4, -0.2) is 33.9 Å². The minimum Gasteiger partial charge on any atom is -0.378 e. The highest BCUT2D eigenvalue weighted by Gasteiger charge is 2.23. The van der Waals surface area contributed by atoms with Gasteiger partial charge in [-0.2, -0.15) is 4.31 Å². The molecule has 0 spiro atoms. The van der Waals surface area contributed by atoms with E-state index in [0.717, 1.165) is 30.5 Å². The maximum Gasteiger partial charge on any atom is 0.243 e. The van der Waals surface area contributed by atoms with E-state index in [1.165, 1.54) is 15.4 Å². The van der Waals surface area contributed by atoms with Crippen LogP contribution in [0.1, 0.15) is 23.1 Å². The number of fused-ring (bicyclic) bond motifs is 1. The molecule has 5 heteroatoms. The molecule has 0 heterocycles. The van der Waals surface area contributed by atoms with Crippen molar-refractivity contribution >= 4 is 15.7 Å². The molecule has 0 N–H and O–H groups in total. The Balaban J connectivity index is 1.79.